The van der Waals surface area contributed by atoms with Crippen LogP contribution >= 0.6 is 11.3 Å². The summed E-state index contributed by atoms with van der Waals surface area (Å²) in [6.07, 6.45) is 0. The Labute approximate surface area is 268 Å². The molecule has 0 saturated carbocycles. The van der Waals surface area contributed by atoms with Crippen LogP contribution in [-0.4, -0.2) is 36.1 Å². The molecule has 10 nitrogen and oxygen atoms in total. The summed E-state index contributed by atoms with van der Waals surface area (Å²) in [5.74, 6) is -1.02. The molecule has 0 bridgehead atoms. The number of anilines is 1. The summed E-state index contributed by atoms with van der Waals surface area (Å²) < 4.78 is 17.8. The minimum absolute atomic E-state index is 0.119. The molecule has 234 valence electrons. The smallest absolute Gasteiger partial charge is 0.338 e. The van der Waals surface area contributed by atoms with Crippen molar-refractivity contribution in [3.05, 3.63) is 120 Å². The molecule has 0 radical (unpaired) electrons. The van der Waals surface area contributed by atoms with Gasteiger partial charge in [-0.15, -0.1) is 0 Å². The Kier molecular flexibility index (Phi) is 8.18. The van der Waals surface area contributed by atoms with Crippen molar-refractivity contribution < 1.29 is 28.6 Å². The van der Waals surface area contributed by atoms with E-state index in [-0.39, 0.29) is 39.7 Å². The van der Waals surface area contributed by atoms with Crippen molar-refractivity contribution in [2.24, 2.45) is 4.99 Å². The van der Waals surface area contributed by atoms with E-state index in [1.165, 1.54) is 18.6 Å². The van der Waals surface area contributed by atoms with E-state index < -0.39 is 23.5 Å². The number of hydrogen-bond donors (Lipinski definition) is 0. The first-order valence-electron chi connectivity index (χ1n) is 14.7. The van der Waals surface area contributed by atoms with Gasteiger partial charge in [0, 0.05) is 12.5 Å². The fourth-order valence-corrected chi connectivity index (χ4v) is 6.92. The van der Waals surface area contributed by atoms with E-state index in [0.29, 0.717) is 33.9 Å². The molecular formula is C35H31N3O7S. The van der Waals surface area contributed by atoms with Crippen molar-refractivity contribution >= 4 is 40.4 Å². The van der Waals surface area contributed by atoms with Crippen LogP contribution in [0.2, 0.25) is 0 Å². The number of esters is 2. The average Bonchev–Trinajstić information content (AvgIpc) is 3.49. The Morgan fingerprint density at radius 3 is 2.41 bits per heavy atom. The van der Waals surface area contributed by atoms with E-state index in [1.807, 2.05) is 55.5 Å². The molecule has 2 aliphatic rings. The second-order valence-corrected chi connectivity index (χ2v) is 11.9. The molecule has 1 aromatic heterocycles. The highest BCUT2D eigenvalue weighted by atomic mass is 32.1. The maximum atomic E-state index is 14.5. The van der Waals surface area contributed by atoms with Gasteiger partial charge in [0.1, 0.15) is 4.53 Å². The lowest BCUT2D eigenvalue weighted by Crippen LogP contribution is -2.41. The fraction of sp³-hybridized carbons (Fsp3) is 0.229. The van der Waals surface area contributed by atoms with Crippen molar-refractivity contribution in [3.63, 3.8) is 0 Å². The molecule has 6 rings (SSSR count). The molecule has 2 aliphatic heterocycles. The monoisotopic (exact) mass is 637 g/mol. The molecule has 3 aromatic carbocycles. The number of carbonyl (C=O) groups excluding carboxylic acids is 3. The van der Waals surface area contributed by atoms with Gasteiger partial charge in [0.15, 0.2) is 16.3 Å². The van der Waals surface area contributed by atoms with Crippen molar-refractivity contribution in [1.29, 1.82) is 0 Å². The number of nitrogens with zero attached hydrogens (tertiary/aromatic N) is 3. The number of fused-ring (bicyclic) bond motifs is 2. The summed E-state index contributed by atoms with van der Waals surface area (Å²) >= 11 is 1.10. The summed E-state index contributed by atoms with van der Waals surface area (Å²) in [7, 11) is 1.43. The van der Waals surface area contributed by atoms with Gasteiger partial charge in [0.05, 0.1) is 48.8 Å². The lowest BCUT2D eigenvalue weighted by atomic mass is 9.95. The number of rotatable bonds is 7. The van der Waals surface area contributed by atoms with Crippen molar-refractivity contribution in [3.8, 4) is 11.5 Å². The third-order valence-electron chi connectivity index (χ3n) is 7.86. The zero-order chi connectivity index (χ0) is 32.7. The Hall–Kier alpha value is -5.29. The van der Waals surface area contributed by atoms with Crippen LogP contribution in [0.25, 0.3) is 5.57 Å². The summed E-state index contributed by atoms with van der Waals surface area (Å²) in [6.45, 7) is 7.12. The third-order valence-corrected chi connectivity index (χ3v) is 8.91. The highest BCUT2D eigenvalue weighted by Gasteiger charge is 2.37. The quantitative estimate of drug-likeness (QED) is 0.223. The van der Waals surface area contributed by atoms with E-state index in [1.54, 1.807) is 36.9 Å². The number of amides is 1. The highest BCUT2D eigenvalue weighted by molar-refractivity contribution is 7.07. The number of para-hydroxylation sites is 1. The standard InChI is InChI=1S/C35H31N3O7S/c1-6-44-34(42)28-20(3)36-35-38(30(28)23-15-16-26(45-21(4)39)27(17-23)43-5)33(41)31(46-35)29-24-9-7-8-10-25(24)37(32(29)40)18-22-13-11-19(2)12-14-22/h7-17,30H,6,18H2,1-5H3. The molecule has 0 fully saturated rings. The zero-order valence-corrected chi connectivity index (χ0v) is 26.8. The van der Waals surface area contributed by atoms with E-state index >= 15 is 0 Å². The second-order valence-electron chi connectivity index (χ2n) is 10.9. The molecule has 1 unspecified atom stereocenters. The lowest BCUT2D eigenvalue weighted by molar-refractivity contribution is -0.139. The van der Waals surface area contributed by atoms with Gasteiger partial charge in [0.2, 0.25) is 0 Å². The Bertz CT molecular complexity index is 2130. The largest absolute Gasteiger partial charge is 0.493 e. The topological polar surface area (TPSA) is 117 Å². The van der Waals surface area contributed by atoms with Gasteiger partial charge in [-0.25, -0.2) is 9.79 Å². The summed E-state index contributed by atoms with van der Waals surface area (Å²) in [4.78, 5) is 60.4. The minimum atomic E-state index is -0.958. The first-order chi connectivity index (χ1) is 22.1. The van der Waals surface area contributed by atoms with Crippen LogP contribution in [0.5, 0.6) is 11.5 Å². The van der Waals surface area contributed by atoms with E-state index in [4.69, 9.17) is 14.2 Å². The zero-order valence-electron chi connectivity index (χ0n) is 26.0. The molecule has 3 heterocycles. The first-order valence-corrected chi connectivity index (χ1v) is 15.5. The number of aryl methyl sites for hydroxylation is 1. The molecular weight excluding hydrogens is 606 g/mol. The van der Waals surface area contributed by atoms with Crippen molar-refractivity contribution in [2.75, 3.05) is 18.6 Å². The molecule has 0 saturated heterocycles. The summed E-state index contributed by atoms with van der Waals surface area (Å²) in [6, 6.07) is 19.2. The maximum absolute atomic E-state index is 14.5. The number of hydrogen-bond acceptors (Lipinski definition) is 9. The number of thiazole rings is 1. The predicted molar refractivity (Wildman–Crippen MR) is 172 cm³/mol. The number of methoxy groups -OCH3 is 1. The summed E-state index contributed by atoms with van der Waals surface area (Å²) in [5, 5.41) is 0. The number of ether oxygens (including phenoxy) is 3. The molecule has 0 N–H and O–H groups in total. The minimum Gasteiger partial charge on any atom is -0.493 e. The van der Waals surface area contributed by atoms with Crippen LogP contribution < -0.4 is 29.3 Å². The average molecular weight is 638 g/mol. The normalized spacial score (nSPS) is 16.5. The van der Waals surface area contributed by atoms with Gasteiger partial charge in [0.25, 0.3) is 11.5 Å². The van der Waals surface area contributed by atoms with Crippen LogP contribution in [0.3, 0.4) is 0 Å². The van der Waals surface area contributed by atoms with Crippen LogP contribution in [0.4, 0.5) is 5.69 Å². The Morgan fingerprint density at radius 2 is 1.72 bits per heavy atom. The molecule has 4 aromatic rings. The van der Waals surface area contributed by atoms with Crippen LogP contribution in [-0.2, 0) is 25.7 Å². The van der Waals surface area contributed by atoms with Gasteiger partial charge in [-0.3, -0.25) is 19.0 Å². The molecule has 0 spiro atoms. The van der Waals surface area contributed by atoms with Crippen molar-refractivity contribution in [1.82, 2.24) is 4.57 Å². The van der Waals surface area contributed by atoms with Gasteiger partial charge in [-0.05, 0) is 50.1 Å². The lowest BCUT2D eigenvalue weighted by Gasteiger charge is -2.25. The molecule has 46 heavy (non-hydrogen) atoms. The molecule has 1 atom stereocenters. The number of carbonyl (C=O) groups is 3. The number of allylic oxidation sites excluding steroid dienone is 1. The number of benzene rings is 3. The van der Waals surface area contributed by atoms with Gasteiger partial charge in [-0.1, -0.05) is 65.4 Å². The molecule has 0 aliphatic carbocycles. The number of aromatic nitrogens is 1. The Morgan fingerprint density at radius 1 is 0.978 bits per heavy atom. The van der Waals surface area contributed by atoms with E-state index in [0.717, 1.165) is 22.5 Å². The van der Waals surface area contributed by atoms with Gasteiger partial charge in [-0.2, -0.15) is 0 Å². The van der Waals surface area contributed by atoms with Crippen LogP contribution in [0, 0.1) is 6.92 Å². The highest BCUT2D eigenvalue weighted by Crippen LogP contribution is 2.38. The SMILES string of the molecule is CCOC(=O)C1=C(C)N=c2sc(=C3C(=O)N(Cc4ccc(C)cc4)c4ccccc43)c(=O)n2C1c1ccc(OC(C)=O)c(OC)c1. The predicted octanol–water partition coefficient (Wildman–Crippen LogP) is 3.96. The third kappa shape index (κ3) is 5.32. The first kappa shape index (κ1) is 30.7. The van der Waals surface area contributed by atoms with Crippen LogP contribution in [0.1, 0.15) is 49.1 Å². The fourth-order valence-electron chi connectivity index (χ4n) is 5.78. The van der Waals surface area contributed by atoms with Crippen LogP contribution in [0.15, 0.2) is 87.8 Å². The molecule has 1 amide bonds. The van der Waals surface area contributed by atoms with E-state index in [2.05, 4.69) is 4.99 Å². The van der Waals surface area contributed by atoms with Gasteiger partial charge < -0.3 is 19.1 Å². The van der Waals surface area contributed by atoms with Gasteiger partial charge >= 0.3 is 11.9 Å². The second kappa shape index (κ2) is 12.2. The van der Waals surface area contributed by atoms with Crippen molar-refractivity contribution in [2.45, 2.75) is 40.3 Å². The molecule has 11 heteroatoms. The Balaban J connectivity index is 1.56. The summed E-state index contributed by atoms with van der Waals surface area (Å²) in [5.41, 5.74) is 4.29. The maximum Gasteiger partial charge on any atom is 0.338 e. The van der Waals surface area contributed by atoms with E-state index in [9.17, 15) is 19.2 Å².